The maximum Gasteiger partial charge on any atom is 0.418 e. The zero-order valence-electron chi connectivity index (χ0n) is 25.5. The Labute approximate surface area is 246 Å². The normalized spacial score (nSPS) is 18.6. The molecular formula is C31H43ClF4N4O. The lowest BCUT2D eigenvalue weighted by Crippen LogP contribution is -2.36. The van der Waals surface area contributed by atoms with Crippen LogP contribution in [0.3, 0.4) is 0 Å². The molecule has 5 nitrogen and oxygen atoms in total. The Kier molecular flexibility index (Phi) is 12.1. The molecule has 0 fully saturated rings. The zero-order chi connectivity index (χ0) is 31.2. The van der Waals surface area contributed by atoms with E-state index in [4.69, 9.17) is 22.1 Å². The highest BCUT2D eigenvalue weighted by Gasteiger charge is 2.40. The number of hydrogen-bond acceptors (Lipinski definition) is 5. The van der Waals surface area contributed by atoms with Crippen molar-refractivity contribution in [1.29, 1.82) is 0 Å². The first-order chi connectivity index (χ1) is 19.1. The number of anilines is 1. The van der Waals surface area contributed by atoms with E-state index in [1.54, 1.807) is 6.08 Å². The van der Waals surface area contributed by atoms with Gasteiger partial charge in [-0.15, -0.1) is 0 Å². The van der Waals surface area contributed by atoms with Crippen LogP contribution in [0.2, 0.25) is 0 Å². The Morgan fingerprint density at radius 2 is 1.85 bits per heavy atom. The maximum absolute atomic E-state index is 16.6. The number of rotatable bonds is 11. The minimum Gasteiger partial charge on any atom is -0.481 e. The molecule has 1 aromatic heterocycles. The number of aliphatic imine (C=N–C) groups is 1. The van der Waals surface area contributed by atoms with Crippen molar-refractivity contribution in [3.05, 3.63) is 63.1 Å². The molecule has 2 atom stereocenters. The molecule has 0 spiro atoms. The van der Waals surface area contributed by atoms with Gasteiger partial charge in [0.1, 0.15) is 11.5 Å². The summed E-state index contributed by atoms with van der Waals surface area (Å²) in [6.07, 6.45) is 1.85. The number of nitrogens with zero attached hydrogens (tertiary/aromatic N) is 3. The molecule has 0 bridgehead atoms. The highest BCUT2D eigenvalue weighted by Crippen LogP contribution is 2.44. The van der Waals surface area contributed by atoms with Gasteiger partial charge in [0.15, 0.2) is 5.83 Å². The van der Waals surface area contributed by atoms with Crippen LogP contribution in [0.25, 0.3) is 5.57 Å². The van der Waals surface area contributed by atoms with Gasteiger partial charge in [-0.1, -0.05) is 52.6 Å². The fourth-order valence-corrected chi connectivity index (χ4v) is 5.26. The second-order valence-electron chi connectivity index (χ2n) is 10.9. The van der Waals surface area contributed by atoms with Crippen molar-refractivity contribution in [3.8, 4) is 0 Å². The van der Waals surface area contributed by atoms with Gasteiger partial charge in [0.05, 0.1) is 29.0 Å². The summed E-state index contributed by atoms with van der Waals surface area (Å²) in [5, 5.41) is -0.230. The summed E-state index contributed by atoms with van der Waals surface area (Å²) in [5.41, 5.74) is 4.17. The van der Waals surface area contributed by atoms with Crippen molar-refractivity contribution in [2.75, 3.05) is 19.9 Å². The van der Waals surface area contributed by atoms with Gasteiger partial charge in [0.2, 0.25) is 5.88 Å². The molecule has 1 heterocycles. The summed E-state index contributed by atoms with van der Waals surface area (Å²) in [4.78, 5) is 10.4. The number of hydrogen-bond donors (Lipinski definition) is 1. The Balaban J connectivity index is 2.89. The van der Waals surface area contributed by atoms with Gasteiger partial charge in [-0.25, -0.2) is 14.4 Å². The van der Waals surface area contributed by atoms with E-state index >= 15 is 4.39 Å². The molecule has 2 N–H and O–H groups in total. The number of halogens is 5. The van der Waals surface area contributed by atoms with Crippen molar-refractivity contribution in [2.24, 2.45) is 16.8 Å². The lowest BCUT2D eigenvalue weighted by molar-refractivity contribution is -0.138. The van der Waals surface area contributed by atoms with Crippen LogP contribution < -0.4 is 5.73 Å². The summed E-state index contributed by atoms with van der Waals surface area (Å²) in [6, 6.07) is 1.23. The molecule has 0 aromatic carbocycles. The van der Waals surface area contributed by atoms with E-state index in [2.05, 4.69) is 42.6 Å². The summed E-state index contributed by atoms with van der Waals surface area (Å²) in [6.45, 7) is 13.6. The first kappa shape index (κ1) is 34.4. The Bertz CT molecular complexity index is 1260. The van der Waals surface area contributed by atoms with Crippen LogP contribution >= 0.6 is 11.6 Å². The van der Waals surface area contributed by atoms with Crippen molar-refractivity contribution in [3.63, 3.8) is 0 Å². The third kappa shape index (κ3) is 8.15. The highest BCUT2D eigenvalue weighted by molar-refractivity contribution is 6.41. The van der Waals surface area contributed by atoms with Crippen molar-refractivity contribution < 1.29 is 22.3 Å². The quantitative estimate of drug-likeness (QED) is 0.204. The summed E-state index contributed by atoms with van der Waals surface area (Å²) >= 11 is 6.60. The number of nitrogen functional groups attached to an aromatic ring is 1. The highest BCUT2D eigenvalue weighted by atomic mass is 35.5. The van der Waals surface area contributed by atoms with Crippen LogP contribution in [0, 0.1) is 18.8 Å². The largest absolute Gasteiger partial charge is 0.481 e. The number of allylic oxidation sites excluding steroid dienone is 7. The molecule has 41 heavy (non-hydrogen) atoms. The van der Waals surface area contributed by atoms with Crippen LogP contribution in [-0.4, -0.2) is 35.8 Å². The number of alkyl halides is 3. The molecule has 228 valence electrons. The maximum atomic E-state index is 16.6. The zero-order valence-corrected chi connectivity index (χ0v) is 26.3. The first-order valence-corrected chi connectivity index (χ1v) is 14.4. The Morgan fingerprint density at radius 3 is 2.37 bits per heavy atom. The van der Waals surface area contributed by atoms with Crippen LogP contribution in [0.5, 0.6) is 0 Å². The minimum absolute atomic E-state index is 0.126. The third-order valence-corrected chi connectivity index (χ3v) is 7.90. The van der Waals surface area contributed by atoms with Crippen molar-refractivity contribution in [2.45, 2.75) is 86.4 Å². The minimum atomic E-state index is -4.83. The van der Waals surface area contributed by atoms with E-state index < -0.39 is 28.8 Å². The second kappa shape index (κ2) is 14.4. The molecule has 1 aliphatic carbocycles. The fraction of sp³-hybridized carbons (Fsp3) is 0.548. The van der Waals surface area contributed by atoms with Gasteiger partial charge in [-0.05, 0) is 68.7 Å². The number of nitrogens with two attached hydrogens (primary N) is 1. The van der Waals surface area contributed by atoms with Gasteiger partial charge in [0, 0.05) is 24.4 Å². The third-order valence-electron chi connectivity index (χ3n) is 7.60. The lowest BCUT2D eigenvalue weighted by atomic mass is 9.89. The van der Waals surface area contributed by atoms with E-state index in [0.717, 1.165) is 25.3 Å². The summed E-state index contributed by atoms with van der Waals surface area (Å²) in [5.74, 6) is -0.260. The molecule has 1 aliphatic rings. The molecule has 10 heteroatoms. The average molecular weight is 599 g/mol. The van der Waals surface area contributed by atoms with Crippen LogP contribution in [0.4, 0.5) is 23.4 Å². The summed E-state index contributed by atoms with van der Waals surface area (Å²) in [7, 11) is 3.33. The number of ether oxygens (including phenoxy) is 1. The SMILES string of the molecule is CC/C=C(/N=C1/C(F)=C(c2nc(N)cc(C)c2C(F)(F)F)C(Cl)=C/C1=C(/C)N(C)[C@H](CCC(C)CC)C(C)C)OC. The second-order valence-corrected chi connectivity index (χ2v) is 11.3. The van der Waals surface area contributed by atoms with E-state index in [1.165, 1.54) is 20.1 Å². The molecule has 1 unspecified atom stereocenters. The van der Waals surface area contributed by atoms with E-state index in [1.807, 2.05) is 20.9 Å². The fourth-order valence-electron chi connectivity index (χ4n) is 4.98. The number of aromatic nitrogens is 1. The first-order valence-electron chi connectivity index (χ1n) is 14.0. The van der Waals surface area contributed by atoms with E-state index in [9.17, 15) is 13.2 Å². The summed E-state index contributed by atoms with van der Waals surface area (Å²) < 4.78 is 64.5. The van der Waals surface area contributed by atoms with Gasteiger partial charge < -0.3 is 15.4 Å². The van der Waals surface area contributed by atoms with Gasteiger partial charge in [-0.2, -0.15) is 13.2 Å². The van der Waals surface area contributed by atoms with Crippen molar-refractivity contribution in [1.82, 2.24) is 9.88 Å². The predicted molar refractivity (Wildman–Crippen MR) is 161 cm³/mol. The monoisotopic (exact) mass is 598 g/mol. The van der Waals surface area contributed by atoms with E-state index in [-0.39, 0.29) is 40.0 Å². The molecular weight excluding hydrogens is 556 g/mol. The molecule has 1 aromatic rings. The number of aryl methyl sites for hydroxylation is 1. The van der Waals surface area contributed by atoms with E-state index in [0.29, 0.717) is 23.6 Å². The lowest BCUT2D eigenvalue weighted by Gasteiger charge is -2.36. The Hall–Kier alpha value is -2.81. The van der Waals surface area contributed by atoms with Gasteiger partial charge in [0.25, 0.3) is 0 Å². The molecule has 0 saturated heterocycles. The molecule has 0 saturated carbocycles. The predicted octanol–water partition coefficient (Wildman–Crippen LogP) is 9.20. The number of methoxy groups -OCH3 is 1. The van der Waals surface area contributed by atoms with Crippen molar-refractivity contribution >= 4 is 28.7 Å². The number of pyridine rings is 1. The van der Waals surface area contributed by atoms with Crippen LogP contribution in [-0.2, 0) is 10.9 Å². The Morgan fingerprint density at radius 1 is 1.22 bits per heavy atom. The molecule has 0 amide bonds. The smallest absolute Gasteiger partial charge is 0.418 e. The van der Waals surface area contributed by atoms with Crippen LogP contribution in [0.15, 0.2) is 51.2 Å². The topological polar surface area (TPSA) is 63.7 Å². The molecule has 0 radical (unpaired) electrons. The molecule has 0 aliphatic heterocycles. The molecule has 2 rings (SSSR count). The van der Waals surface area contributed by atoms with Crippen LogP contribution in [0.1, 0.15) is 84.0 Å². The van der Waals surface area contributed by atoms with Gasteiger partial charge >= 0.3 is 6.18 Å². The standard InChI is InChI=1S/C31H43ClF4N4O/c1-10-12-25(41-9)39-29-21(20(7)40(8)23(17(3)4)14-13-18(5)11-2)16-22(32)26(28(29)33)30-27(31(34,35)36)19(6)15-24(37)38-30/h12,15-18,23H,10-11,13-14H2,1-9H3,(H2,37,38)/b21-20+,25-12-,39-29+/t18?,23-/m1/s1. The average Bonchev–Trinajstić information content (AvgIpc) is 2.87. The van der Waals surface area contributed by atoms with Gasteiger partial charge in [-0.3, -0.25) is 0 Å².